The maximum atomic E-state index is 12.1. The molecule has 6 atom stereocenters. The van der Waals surface area contributed by atoms with Crippen molar-refractivity contribution in [3.8, 4) is 0 Å². The van der Waals surface area contributed by atoms with Crippen LogP contribution in [0.15, 0.2) is 24.3 Å². The highest BCUT2D eigenvalue weighted by atomic mass is 16.1. The Bertz CT molecular complexity index is 407. The van der Waals surface area contributed by atoms with Gasteiger partial charge in [0.2, 0.25) is 0 Å². The van der Waals surface area contributed by atoms with Gasteiger partial charge >= 0.3 is 0 Å². The molecule has 4 aliphatic carbocycles. The largest absolute Gasteiger partial charge is 0.300 e. The number of Topliss-reactive ketones (excluding diaryl/α,β-unsaturated/α-hetero) is 1. The van der Waals surface area contributed by atoms with Gasteiger partial charge in [-0.15, -0.1) is 0 Å². The molecule has 0 amide bonds. The van der Waals surface area contributed by atoms with Crippen LogP contribution in [0.2, 0.25) is 0 Å². The first-order valence-corrected chi connectivity index (χ1v) is 8.66. The third-order valence-corrected chi connectivity index (χ3v) is 6.42. The molecule has 0 radical (unpaired) electrons. The Kier molecular flexibility index (Phi) is 3.32. The normalized spacial score (nSPS) is 43.8. The minimum Gasteiger partial charge on any atom is -0.300 e. The van der Waals surface area contributed by atoms with Crippen LogP contribution in [0.5, 0.6) is 0 Å². The lowest BCUT2D eigenvalue weighted by atomic mass is 9.86. The molecule has 1 heteroatoms. The lowest BCUT2D eigenvalue weighted by Gasteiger charge is -2.19. The number of rotatable bonds is 6. The Labute approximate surface area is 122 Å². The van der Waals surface area contributed by atoms with Gasteiger partial charge in [-0.05, 0) is 74.0 Å². The molecule has 108 valence electrons. The van der Waals surface area contributed by atoms with Crippen molar-refractivity contribution in [1.82, 2.24) is 0 Å². The third-order valence-electron chi connectivity index (χ3n) is 6.42. The number of hydrogen-bond acceptors (Lipinski definition) is 1. The van der Waals surface area contributed by atoms with Crippen molar-refractivity contribution in [3.05, 3.63) is 24.3 Å². The molecule has 0 saturated heterocycles. The first kappa shape index (κ1) is 12.9. The SMILES string of the molecule is O=C(CCC1CC2C=CC1C2)CCC1CC2C=CC1C2. The summed E-state index contributed by atoms with van der Waals surface area (Å²) < 4.78 is 0. The van der Waals surface area contributed by atoms with E-state index in [1.54, 1.807) is 0 Å². The first-order valence-electron chi connectivity index (χ1n) is 8.66. The maximum Gasteiger partial charge on any atom is 0.132 e. The number of allylic oxidation sites excluding steroid dienone is 4. The Morgan fingerprint density at radius 3 is 1.60 bits per heavy atom. The topological polar surface area (TPSA) is 17.1 Å². The molecule has 2 saturated carbocycles. The second-order valence-corrected chi connectivity index (χ2v) is 7.70. The van der Waals surface area contributed by atoms with Crippen molar-refractivity contribution in [2.45, 2.75) is 51.4 Å². The molecule has 0 aromatic rings. The molecule has 4 bridgehead atoms. The molecule has 4 rings (SSSR count). The highest BCUT2D eigenvalue weighted by Crippen LogP contribution is 2.46. The molecule has 1 nitrogen and oxygen atoms in total. The molecule has 2 fully saturated rings. The molecule has 4 aliphatic rings. The summed E-state index contributed by atoms with van der Waals surface area (Å²) in [7, 11) is 0. The van der Waals surface area contributed by atoms with Gasteiger partial charge in [0, 0.05) is 12.8 Å². The fourth-order valence-corrected chi connectivity index (χ4v) is 5.27. The summed E-state index contributed by atoms with van der Waals surface area (Å²) in [5.41, 5.74) is 0. The number of hydrogen-bond donors (Lipinski definition) is 0. The van der Waals surface area contributed by atoms with E-state index in [0.29, 0.717) is 5.78 Å². The molecule has 6 unspecified atom stereocenters. The second-order valence-electron chi connectivity index (χ2n) is 7.70. The average Bonchev–Trinajstić information content (AvgIpc) is 3.21. The van der Waals surface area contributed by atoms with Crippen LogP contribution < -0.4 is 0 Å². The van der Waals surface area contributed by atoms with E-state index in [2.05, 4.69) is 24.3 Å². The van der Waals surface area contributed by atoms with Crippen molar-refractivity contribution in [2.24, 2.45) is 35.5 Å². The molecule has 0 aliphatic heterocycles. The van der Waals surface area contributed by atoms with Crippen molar-refractivity contribution in [2.75, 3.05) is 0 Å². The van der Waals surface area contributed by atoms with Gasteiger partial charge in [-0.2, -0.15) is 0 Å². The molecule has 20 heavy (non-hydrogen) atoms. The van der Waals surface area contributed by atoms with Crippen molar-refractivity contribution in [3.63, 3.8) is 0 Å². The zero-order valence-electron chi connectivity index (χ0n) is 12.3. The maximum absolute atomic E-state index is 12.1. The van der Waals surface area contributed by atoms with Crippen molar-refractivity contribution < 1.29 is 4.79 Å². The summed E-state index contributed by atoms with van der Waals surface area (Å²) in [6.07, 6.45) is 19.1. The van der Waals surface area contributed by atoms with Crippen LogP contribution in [0.1, 0.15) is 51.4 Å². The molecule has 0 spiro atoms. The van der Waals surface area contributed by atoms with Crippen LogP contribution in [0, 0.1) is 35.5 Å². The fourth-order valence-electron chi connectivity index (χ4n) is 5.27. The Morgan fingerprint density at radius 2 is 1.25 bits per heavy atom. The van der Waals surface area contributed by atoms with Crippen LogP contribution in [-0.2, 0) is 4.79 Å². The van der Waals surface area contributed by atoms with E-state index in [9.17, 15) is 4.79 Å². The minimum absolute atomic E-state index is 0.531. The van der Waals surface area contributed by atoms with Crippen LogP contribution in [-0.4, -0.2) is 5.78 Å². The Morgan fingerprint density at radius 1 is 0.750 bits per heavy atom. The predicted octanol–water partition coefficient (Wildman–Crippen LogP) is 4.54. The van der Waals surface area contributed by atoms with Gasteiger partial charge < -0.3 is 0 Å². The van der Waals surface area contributed by atoms with Gasteiger partial charge in [0.25, 0.3) is 0 Å². The standard InChI is InChI=1S/C19H26O/c20-19(7-5-17-11-13-1-3-15(17)9-13)8-6-18-12-14-2-4-16(18)10-14/h1-4,13-18H,5-12H2. The van der Waals surface area contributed by atoms with E-state index >= 15 is 0 Å². The van der Waals surface area contributed by atoms with Gasteiger partial charge in [-0.1, -0.05) is 24.3 Å². The quantitative estimate of drug-likeness (QED) is 0.648. The number of fused-ring (bicyclic) bond motifs is 4. The summed E-state index contributed by atoms with van der Waals surface area (Å²) in [6, 6.07) is 0. The highest BCUT2D eigenvalue weighted by molar-refractivity contribution is 5.78. The van der Waals surface area contributed by atoms with E-state index in [-0.39, 0.29) is 0 Å². The molecule has 0 aromatic heterocycles. The molecule has 0 N–H and O–H groups in total. The van der Waals surface area contributed by atoms with Crippen LogP contribution in [0.4, 0.5) is 0 Å². The smallest absolute Gasteiger partial charge is 0.132 e. The number of carbonyl (C=O) groups excluding carboxylic acids is 1. The Hall–Kier alpha value is -0.850. The third kappa shape index (κ3) is 2.40. The van der Waals surface area contributed by atoms with E-state index in [4.69, 9.17) is 0 Å². The molecule has 0 aromatic carbocycles. The van der Waals surface area contributed by atoms with Crippen LogP contribution >= 0.6 is 0 Å². The average molecular weight is 270 g/mol. The fraction of sp³-hybridized carbons (Fsp3) is 0.737. The van der Waals surface area contributed by atoms with E-state index < -0.39 is 0 Å². The number of ketones is 1. The van der Waals surface area contributed by atoms with Gasteiger partial charge in [0.1, 0.15) is 5.78 Å². The van der Waals surface area contributed by atoms with E-state index in [1.807, 2.05) is 0 Å². The zero-order valence-corrected chi connectivity index (χ0v) is 12.3. The minimum atomic E-state index is 0.531. The first-order chi connectivity index (χ1) is 9.78. The summed E-state index contributed by atoms with van der Waals surface area (Å²) in [6.45, 7) is 0. The lowest BCUT2D eigenvalue weighted by molar-refractivity contribution is -0.119. The highest BCUT2D eigenvalue weighted by Gasteiger charge is 2.36. The van der Waals surface area contributed by atoms with Gasteiger partial charge in [-0.25, -0.2) is 0 Å². The zero-order chi connectivity index (χ0) is 13.5. The molecular formula is C19H26O. The van der Waals surface area contributed by atoms with Gasteiger partial charge in [0.15, 0.2) is 0 Å². The second kappa shape index (κ2) is 5.16. The van der Waals surface area contributed by atoms with Gasteiger partial charge in [0.05, 0.1) is 0 Å². The monoisotopic (exact) mass is 270 g/mol. The van der Waals surface area contributed by atoms with Crippen molar-refractivity contribution in [1.29, 1.82) is 0 Å². The lowest BCUT2D eigenvalue weighted by Crippen LogP contribution is -2.12. The van der Waals surface area contributed by atoms with Gasteiger partial charge in [-0.3, -0.25) is 4.79 Å². The van der Waals surface area contributed by atoms with E-state index in [0.717, 1.165) is 61.2 Å². The van der Waals surface area contributed by atoms with Crippen LogP contribution in [0.25, 0.3) is 0 Å². The van der Waals surface area contributed by atoms with E-state index in [1.165, 1.54) is 25.7 Å². The molecular weight excluding hydrogens is 244 g/mol. The van der Waals surface area contributed by atoms with Crippen molar-refractivity contribution >= 4 is 5.78 Å². The predicted molar refractivity (Wildman–Crippen MR) is 81.2 cm³/mol. The summed E-state index contributed by atoms with van der Waals surface area (Å²) in [4.78, 5) is 12.1. The molecule has 0 heterocycles. The summed E-state index contributed by atoms with van der Waals surface area (Å²) in [5.74, 6) is 5.48. The number of carbonyl (C=O) groups is 1. The Balaban J connectivity index is 1.18. The summed E-state index contributed by atoms with van der Waals surface area (Å²) >= 11 is 0. The van der Waals surface area contributed by atoms with Crippen LogP contribution in [0.3, 0.4) is 0 Å². The summed E-state index contributed by atoms with van der Waals surface area (Å²) in [5, 5.41) is 0.